The maximum absolute atomic E-state index is 11.0. The van der Waals surface area contributed by atoms with E-state index in [2.05, 4.69) is 0 Å². The highest BCUT2D eigenvalue weighted by Gasteiger charge is 2.25. The van der Waals surface area contributed by atoms with Crippen LogP contribution in [0.25, 0.3) is 0 Å². The summed E-state index contributed by atoms with van der Waals surface area (Å²) in [5, 5.41) is 0. The molecule has 0 unspecified atom stereocenters. The Balaban J connectivity index is 4.39. The lowest BCUT2D eigenvalue weighted by molar-refractivity contribution is -0.226. The number of esters is 1. The lowest BCUT2D eigenvalue weighted by Crippen LogP contribution is -2.39. The second-order valence-corrected chi connectivity index (χ2v) is 3.59. The molecule has 0 N–H and O–H groups in total. The van der Waals surface area contributed by atoms with Crippen LogP contribution in [0.5, 0.6) is 0 Å². The van der Waals surface area contributed by atoms with E-state index >= 15 is 0 Å². The predicted molar refractivity (Wildman–Crippen MR) is 60.7 cm³/mol. The fourth-order valence-corrected chi connectivity index (χ4v) is 1.20. The second-order valence-electron chi connectivity index (χ2n) is 3.59. The molecule has 0 aromatic heterocycles. The molecule has 0 saturated heterocycles. The van der Waals surface area contributed by atoms with E-state index < -0.39 is 12.3 Å². The minimum Gasteiger partial charge on any atom is -0.433 e. The van der Waals surface area contributed by atoms with Crippen LogP contribution in [-0.2, 0) is 28.5 Å². The summed E-state index contributed by atoms with van der Waals surface area (Å²) in [5.74, 6) is -0.424. The summed E-state index contributed by atoms with van der Waals surface area (Å²) in [5.41, 5.74) is 0. The Labute approximate surface area is 102 Å². The third kappa shape index (κ3) is 7.27. The average Bonchev–Trinajstić information content (AvgIpc) is 2.27. The van der Waals surface area contributed by atoms with Gasteiger partial charge in [-0.25, -0.2) is 0 Å². The number of ether oxygens (including phenoxy) is 5. The van der Waals surface area contributed by atoms with Gasteiger partial charge in [-0.15, -0.1) is 0 Å². The summed E-state index contributed by atoms with van der Waals surface area (Å²) < 4.78 is 25.7. The van der Waals surface area contributed by atoms with Crippen molar-refractivity contribution in [2.45, 2.75) is 32.3 Å². The Morgan fingerprint density at radius 2 is 1.65 bits per heavy atom. The molecule has 2 atom stereocenters. The second kappa shape index (κ2) is 9.35. The molecule has 0 bridgehead atoms. The van der Waals surface area contributed by atoms with E-state index in [9.17, 15) is 4.79 Å². The summed E-state index contributed by atoms with van der Waals surface area (Å²) >= 11 is 0. The molecule has 0 radical (unpaired) electrons. The topological polar surface area (TPSA) is 63.2 Å². The van der Waals surface area contributed by atoms with Crippen molar-refractivity contribution in [3.05, 3.63) is 0 Å². The molecule has 0 rings (SSSR count). The first-order chi connectivity index (χ1) is 8.04. The van der Waals surface area contributed by atoms with E-state index in [1.54, 1.807) is 21.1 Å². The fourth-order valence-electron chi connectivity index (χ4n) is 1.20. The molecule has 0 saturated carbocycles. The number of rotatable bonds is 9. The first-order valence-electron chi connectivity index (χ1n) is 5.38. The smallest absolute Gasteiger partial charge is 0.305 e. The van der Waals surface area contributed by atoms with Gasteiger partial charge in [0.1, 0.15) is 12.2 Å². The maximum atomic E-state index is 11.0. The zero-order chi connectivity index (χ0) is 13.3. The van der Waals surface area contributed by atoms with Crippen LogP contribution in [-0.4, -0.2) is 59.0 Å². The first-order valence-corrected chi connectivity index (χ1v) is 5.38. The van der Waals surface area contributed by atoms with Gasteiger partial charge in [-0.3, -0.25) is 4.79 Å². The van der Waals surface area contributed by atoms with Crippen molar-refractivity contribution in [3.63, 3.8) is 0 Å². The van der Waals surface area contributed by atoms with Crippen LogP contribution in [0.3, 0.4) is 0 Å². The Kier molecular flexibility index (Phi) is 8.97. The molecule has 0 heterocycles. The third-order valence-electron chi connectivity index (χ3n) is 2.07. The van der Waals surface area contributed by atoms with E-state index in [1.165, 1.54) is 14.0 Å². The Hall–Kier alpha value is -0.690. The molecular formula is C11H22O6. The van der Waals surface area contributed by atoms with Crippen molar-refractivity contribution in [3.8, 4) is 0 Å². The zero-order valence-corrected chi connectivity index (χ0v) is 11.1. The van der Waals surface area contributed by atoms with Gasteiger partial charge in [-0.2, -0.15) is 0 Å². The van der Waals surface area contributed by atoms with E-state index in [0.29, 0.717) is 13.2 Å². The average molecular weight is 250 g/mol. The predicted octanol–water partition coefficient (Wildman–Crippen LogP) is 0.588. The monoisotopic (exact) mass is 250 g/mol. The molecule has 0 amide bonds. The van der Waals surface area contributed by atoms with Gasteiger partial charge in [0.2, 0.25) is 6.29 Å². The van der Waals surface area contributed by atoms with Crippen LogP contribution in [0.15, 0.2) is 0 Å². The first kappa shape index (κ1) is 16.3. The summed E-state index contributed by atoms with van der Waals surface area (Å²) in [7, 11) is 4.64. The van der Waals surface area contributed by atoms with Crippen molar-refractivity contribution in [1.82, 2.24) is 0 Å². The Morgan fingerprint density at radius 1 is 1.12 bits per heavy atom. The number of carbonyl (C=O) groups excluding carboxylic acids is 1. The summed E-state index contributed by atoms with van der Waals surface area (Å²) in [4.78, 5) is 11.0. The van der Waals surface area contributed by atoms with Gasteiger partial charge in [-0.05, 0) is 6.92 Å². The van der Waals surface area contributed by atoms with E-state index in [-0.39, 0.29) is 12.2 Å². The lowest BCUT2D eigenvalue weighted by Gasteiger charge is -2.27. The van der Waals surface area contributed by atoms with Gasteiger partial charge in [0.25, 0.3) is 0 Å². The highest BCUT2D eigenvalue weighted by atomic mass is 16.7. The minimum absolute atomic E-state index is 0.313. The molecule has 0 fully saturated rings. The fraction of sp³-hybridized carbons (Fsp3) is 0.909. The zero-order valence-electron chi connectivity index (χ0n) is 11.1. The van der Waals surface area contributed by atoms with Crippen LogP contribution in [0.4, 0.5) is 0 Å². The quantitative estimate of drug-likeness (QED) is 0.441. The van der Waals surface area contributed by atoms with Gasteiger partial charge < -0.3 is 23.7 Å². The van der Waals surface area contributed by atoms with Crippen molar-refractivity contribution >= 4 is 5.97 Å². The molecule has 0 spiro atoms. The minimum atomic E-state index is -0.771. The Morgan fingerprint density at radius 3 is 2.00 bits per heavy atom. The van der Waals surface area contributed by atoms with Crippen LogP contribution < -0.4 is 0 Å². The van der Waals surface area contributed by atoms with E-state index in [0.717, 1.165) is 0 Å². The summed E-state index contributed by atoms with van der Waals surface area (Å²) in [6.45, 7) is 3.77. The normalized spacial score (nSPS) is 14.7. The molecule has 0 aromatic rings. The molecule has 0 aliphatic heterocycles. The number of methoxy groups -OCH3 is 3. The van der Waals surface area contributed by atoms with Crippen molar-refractivity contribution in [1.29, 1.82) is 0 Å². The van der Waals surface area contributed by atoms with Crippen LogP contribution >= 0.6 is 0 Å². The van der Waals surface area contributed by atoms with E-state index in [1.807, 2.05) is 0 Å². The Bertz CT molecular complexity index is 202. The largest absolute Gasteiger partial charge is 0.433 e. The molecule has 102 valence electrons. The van der Waals surface area contributed by atoms with Gasteiger partial charge in [0, 0.05) is 28.3 Å². The van der Waals surface area contributed by atoms with Gasteiger partial charge in [0.05, 0.1) is 13.2 Å². The van der Waals surface area contributed by atoms with Crippen LogP contribution in [0.2, 0.25) is 0 Å². The summed E-state index contributed by atoms with van der Waals surface area (Å²) in [6, 6.07) is 0. The third-order valence-corrected chi connectivity index (χ3v) is 2.07. The molecule has 6 nitrogen and oxygen atoms in total. The number of hydrogen-bond acceptors (Lipinski definition) is 6. The van der Waals surface area contributed by atoms with Crippen molar-refractivity contribution < 1.29 is 28.5 Å². The van der Waals surface area contributed by atoms with Crippen LogP contribution in [0.1, 0.15) is 13.8 Å². The van der Waals surface area contributed by atoms with Gasteiger partial charge >= 0.3 is 5.97 Å². The molecule has 6 heteroatoms. The molecule has 0 aromatic carbocycles. The highest BCUT2D eigenvalue weighted by molar-refractivity contribution is 5.66. The molecule has 0 aliphatic rings. The molecular weight excluding hydrogens is 228 g/mol. The SMILES string of the molecule is COCC(COC)O[C@@H](OC(C)=O)[C@H](C)OC. The molecule has 17 heavy (non-hydrogen) atoms. The van der Waals surface area contributed by atoms with Gasteiger partial charge in [-0.1, -0.05) is 0 Å². The molecule has 0 aliphatic carbocycles. The number of carbonyl (C=O) groups is 1. The summed E-state index contributed by atoms with van der Waals surface area (Å²) in [6.07, 6.45) is -1.45. The van der Waals surface area contributed by atoms with E-state index in [4.69, 9.17) is 23.7 Å². The standard InChI is InChI=1S/C11H22O6/c1-8(15-5)11(16-9(2)12)17-10(6-13-3)7-14-4/h8,10-11H,6-7H2,1-5H3/t8-,11+/m0/s1. The number of hydrogen-bond donors (Lipinski definition) is 0. The van der Waals surface area contributed by atoms with Gasteiger partial charge in [0.15, 0.2) is 0 Å². The van der Waals surface area contributed by atoms with Crippen LogP contribution in [0, 0.1) is 0 Å². The lowest BCUT2D eigenvalue weighted by atomic mass is 10.3. The highest BCUT2D eigenvalue weighted by Crippen LogP contribution is 2.09. The van der Waals surface area contributed by atoms with Crippen molar-refractivity contribution in [2.24, 2.45) is 0 Å². The maximum Gasteiger partial charge on any atom is 0.305 e. The van der Waals surface area contributed by atoms with Crippen molar-refractivity contribution in [2.75, 3.05) is 34.5 Å².